The van der Waals surface area contributed by atoms with Crippen molar-refractivity contribution in [2.45, 2.75) is 31.7 Å². The number of thioether (sulfide) groups is 1. The molecule has 0 saturated heterocycles. The van der Waals surface area contributed by atoms with Gasteiger partial charge in [-0.1, -0.05) is 16.9 Å². The molecule has 0 amide bonds. The summed E-state index contributed by atoms with van der Waals surface area (Å²) in [5.41, 5.74) is 1.83. The second-order valence-electron chi connectivity index (χ2n) is 4.52. The van der Waals surface area contributed by atoms with Gasteiger partial charge in [0.2, 0.25) is 11.0 Å². The third-order valence-corrected chi connectivity index (χ3v) is 3.67. The lowest BCUT2D eigenvalue weighted by Crippen LogP contribution is -2.17. The predicted octanol–water partition coefficient (Wildman–Crippen LogP) is 0.778. The molecule has 3 heterocycles. The summed E-state index contributed by atoms with van der Waals surface area (Å²) in [6.45, 7) is 5.61. The van der Waals surface area contributed by atoms with Gasteiger partial charge in [0, 0.05) is 5.69 Å². The van der Waals surface area contributed by atoms with E-state index in [1.165, 1.54) is 16.4 Å². The summed E-state index contributed by atoms with van der Waals surface area (Å²) in [6, 6.07) is 1.95. The van der Waals surface area contributed by atoms with Gasteiger partial charge in [0.25, 0.3) is 5.95 Å². The van der Waals surface area contributed by atoms with Crippen LogP contribution in [0.1, 0.15) is 23.1 Å². The lowest BCUT2D eigenvalue weighted by atomic mass is 10.4. The maximum atomic E-state index is 6.03. The van der Waals surface area contributed by atoms with Crippen LogP contribution in [0.4, 0.5) is 0 Å². The van der Waals surface area contributed by atoms with Crippen molar-refractivity contribution in [3.63, 3.8) is 0 Å². The van der Waals surface area contributed by atoms with Gasteiger partial charge < -0.3 is 10.4 Å². The first-order chi connectivity index (χ1) is 10.0. The predicted molar refractivity (Wildman–Crippen MR) is 75.4 cm³/mol. The van der Waals surface area contributed by atoms with E-state index in [-0.39, 0.29) is 0 Å². The molecule has 3 rings (SSSR count). The van der Waals surface area contributed by atoms with Crippen LogP contribution in [0.15, 0.2) is 15.7 Å². The Morgan fingerprint density at radius 3 is 2.71 bits per heavy atom. The molecule has 2 N–H and O–H groups in total. The van der Waals surface area contributed by atoms with Crippen molar-refractivity contribution in [1.29, 1.82) is 0 Å². The molecule has 0 radical (unpaired) electrons. The van der Waals surface area contributed by atoms with E-state index in [1.807, 2.05) is 19.9 Å². The van der Waals surface area contributed by atoms with E-state index in [0.29, 0.717) is 28.6 Å². The summed E-state index contributed by atoms with van der Waals surface area (Å²) in [5, 5.41) is 16.8. The Bertz CT molecular complexity index is 773. The Labute approximate surface area is 124 Å². The van der Waals surface area contributed by atoms with Crippen LogP contribution in [0.2, 0.25) is 0 Å². The van der Waals surface area contributed by atoms with E-state index in [9.17, 15) is 0 Å². The van der Waals surface area contributed by atoms with Gasteiger partial charge in [0.05, 0.1) is 11.4 Å². The van der Waals surface area contributed by atoms with Crippen LogP contribution in [0.25, 0.3) is 5.95 Å². The zero-order valence-electron chi connectivity index (χ0n) is 11.8. The molecule has 21 heavy (non-hydrogen) atoms. The monoisotopic (exact) mass is 306 g/mol. The van der Waals surface area contributed by atoms with Crippen molar-refractivity contribution >= 4 is 11.8 Å². The first-order valence-electron chi connectivity index (χ1n) is 6.20. The van der Waals surface area contributed by atoms with Crippen LogP contribution in [0.3, 0.4) is 0 Å². The third kappa shape index (κ3) is 2.61. The molecule has 0 saturated carbocycles. The zero-order chi connectivity index (χ0) is 15.0. The number of nitrogen functional groups attached to an aromatic ring is 1. The van der Waals surface area contributed by atoms with Gasteiger partial charge in [-0.3, -0.25) is 0 Å². The molecule has 0 aliphatic carbocycles. The lowest BCUT2D eigenvalue weighted by molar-refractivity contribution is 0.387. The highest BCUT2D eigenvalue weighted by Gasteiger charge is 2.15. The Kier molecular flexibility index (Phi) is 3.37. The molecule has 10 heteroatoms. The second-order valence-corrected chi connectivity index (χ2v) is 5.46. The van der Waals surface area contributed by atoms with E-state index < -0.39 is 0 Å². The topological polar surface area (TPSA) is 113 Å². The highest BCUT2D eigenvalue weighted by Crippen LogP contribution is 2.21. The number of nitrogens with zero attached hydrogens (tertiary/aromatic N) is 7. The van der Waals surface area contributed by atoms with Crippen LogP contribution in [0, 0.1) is 20.8 Å². The average molecular weight is 306 g/mol. The molecule has 0 bridgehead atoms. The maximum Gasteiger partial charge on any atom is 0.271 e. The van der Waals surface area contributed by atoms with Gasteiger partial charge >= 0.3 is 0 Å². The Hall–Kier alpha value is -2.36. The zero-order valence-corrected chi connectivity index (χ0v) is 12.6. The summed E-state index contributed by atoms with van der Waals surface area (Å²) in [5.74, 6) is 8.09. The standard InChI is InChI=1S/C11H14N8OS/c1-6-4-7(2)19(16-6)10-14-15-11(18(10)12)21-5-9-13-8(3)17-20-9/h4H,5,12H2,1-3H3. The van der Waals surface area contributed by atoms with Crippen LogP contribution < -0.4 is 5.84 Å². The average Bonchev–Trinajstić information content (AvgIpc) is 3.08. The molecule has 0 aliphatic rings. The van der Waals surface area contributed by atoms with Gasteiger partial charge in [-0.05, 0) is 26.8 Å². The SMILES string of the molecule is Cc1cc(C)n(-c2nnc(SCc3nc(C)no3)n2N)n1. The molecule has 110 valence electrons. The van der Waals surface area contributed by atoms with Crippen LogP contribution >= 0.6 is 11.8 Å². The van der Waals surface area contributed by atoms with Gasteiger partial charge in [-0.25, -0.2) is 9.36 Å². The van der Waals surface area contributed by atoms with Crippen molar-refractivity contribution < 1.29 is 4.52 Å². The highest BCUT2D eigenvalue weighted by atomic mass is 32.2. The molecule has 9 nitrogen and oxygen atoms in total. The van der Waals surface area contributed by atoms with Crippen LogP contribution in [-0.4, -0.2) is 34.8 Å². The number of aromatic nitrogens is 7. The quantitative estimate of drug-likeness (QED) is 0.555. The molecule has 0 unspecified atom stereocenters. The first kappa shape index (κ1) is 13.6. The molecular formula is C11H14N8OS. The normalized spacial score (nSPS) is 11.2. The van der Waals surface area contributed by atoms with Crippen LogP contribution in [-0.2, 0) is 5.75 Å². The van der Waals surface area contributed by atoms with E-state index in [0.717, 1.165) is 11.4 Å². The lowest BCUT2D eigenvalue weighted by Gasteiger charge is -2.03. The number of nitrogens with two attached hydrogens (primary N) is 1. The van der Waals surface area contributed by atoms with E-state index in [1.54, 1.807) is 11.6 Å². The van der Waals surface area contributed by atoms with E-state index >= 15 is 0 Å². The molecular weight excluding hydrogens is 292 g/mol. The number of aryl methyl sites for hydroxylation is 3. The minimum Gasteiger partial charge on any atom is -0.338 e. The summed E-state index contributed by atoms with van der Waals surface area (Å²) >= 11 is 1.37. The van der Waals surface area contributed by atoms with Gasteiger partial charge in [-0.15, -0.1) is 10.2 Å². The smallest absolute Gasteiger partial charge is 0.271 e. The summed E-state index contributed by atoms with van der Waals surface area (Å²) in [7, 11) is 0. The molecule has 0 aromatic carbocycles. The number of rotatable bonds is 4. The highest BCUT2D eigenvalue weighted by molar-refractivity contribution is 7.98. The fraction of sp³-hybridized carbons (Fsp3) is 0.364. The number of hydrogen-bond donors (Lipinski definition) is 1. The minimum absolute atomic E-state index is 0.463. The van der Waals surface area contributed by atoms with Crippen molar-refractivity contribution in [2.75, 3.05) is 5.84 Å². The Morgan fingerprint density at radius 2 is 2.10 bits per heavy atom. The molecule has 0 fully saturated rings. The summed E-state index contributed by atoms with van der Waals surface area (Å²) in [4.78, 5) is 4.12. The Morgan fingerprint density at radius 1 is 1.29 bits per heavy atom. The van der Waals surface area contributed by atoms with Crippen molar-refractivity contribution in [1.82, 2.24) is 34.8 Å². The molecule has 3 aromatic heterocycles. The van der Waals surface area contributed by atoms with Gasteiger partial charge in [0.15, 0.2) is 5.82 Å². The van der Waals surface area contributed by atoms with E-state index in [2.05, 4.69) is 25.4 Å². The molecule has 0 atom stereocenters. The third-order valence-electron chi connectivity index (χ3n) is 2.74. The van der Waals surface area contributed by atoms with Crippen molar-refractivity contribution in [3.05, 3.63) is 29.2 Å². The summed E-state index contributed by atoms with van der Waals surface area (Å²) in [6.07, 6.45) is 0. The van der Waals surface area contributed by atoms with E-state index in [4.69, 9.17) is 10.4 Å². The van der Waals surface area contributed by atoms with Gasteiger partial charge in [0.1, 0.15) is 0 Å². The number of hydrogen-bond acceptors (Lipinski definition) is 8. The fourth-order valence-corrected chi connectivity index (χ4v) is 2.56. The minimum atomic E-state index is 0.463. The van der Waals surface area contributed by atoms with Gasteiger partial charge in [-0.2, -0.15) is 10.1 Å². The maximum absolute atomic E-state index is 6.03. The second kappa shape index (κ2) is 5.20. The fourth-order valence-electron chi connectivity index (χ4n) is 1.87. The van der Waals surface area contributed by atoms with Crippen molar-refractivity contribution in [3.8, 4) is 5.95 Å². The van der Waals surface area contributed by atoms with Crippen LogP contribution in [0.5, 0.6) is 0 Å². The first-order valence-corrected chi connectivity index (χ1v) is 7.19. The largest absolute Gasteiger partial charge is 0.338 e. The van der Waals surface area contributed by atoms with Crippen molar-refractivity contribution in [2.24, 2.45) is 0 Å². The summed E-state index contributed by atoms with van der Waals surface area (Å²) < 4.78 is 8.09. The molecule has 0 spiro atoms. The molecule has 3 aromatic rings. The molecule has 0 aliphatic heterocycles. The Balaban J connectivity index is 1.81.